The molecule has 0 aliphatic carbocycles. The van der Waals surface area contributed by atoms with Crippen LogP contribution in [0.1, 0.15) is 5.82 Å². The highest BCUT2D eigenvalue weighted by Gasteiger charge is 2.14. The third kappa shape index (κ3) is 1.87. The Morgan fingerprint density at radius 3 is 3.15 bits per heavy atom. The second-order valence-corrected chi connectivity index (χ2v) is 3.50. The summed E-state index contributed by atoms with van der Waals surface area (Å²) in [4.78, 5) is 1.44. The summed E-state index contributed by atoms with van der Waals surface area (Å²) in [6.07, 6.45) is 1.97. The van der Waals surface area contributed by atoms with Gasteiger partial charge < -0.3 is 5.32 Å². The van der Waals surface area contributed by atoms with E-state index in [4.69, 9.17) is 11.6 Å². The van der Waals surface area contributed by atoms with Crippen molar-refractivity contribution in [2.24, 2.45) is 7.05 Å². The fourth-order valence-corrected chi connectivity index (χ4v) is 1.51. The van der Waals surface area contributed by atoms with Crippen molar-refractivity contribution in [1.82, 2.24) is 25.5 Å². The number of hydrogen-bond acceptors (Lipinski definition) is 4. The molecule has 0 amide bonds. The largest absolute Gasteiger partial charge is 0.311 e. The van der Waals surface area contributed by atoms with E-state index in [1.54, 1.807) is 7.05 Å². The zero-order valence-corrected chi connectivity index (χ0v) is 7.99. The topological polar surface area (TPSA) is 55.6 Å². The van der Waals surface area contributed by atoms with Gasteiger partial charge >= 0.3 is 0 Å². The summed E-state index contributed by atoms with van der Waals surface area (Å²) in [6.45, 7) is 1.56. The molecule has 0 spiro atoms. The van der Waals surface area contributed by atoms with Crippen LogP contribution in [0.2, 0.25) is 0 Å². The molecule has 13 heavy (non-hydrogen) atoms. The van der Waals surface area contributed by atoms with Gasteiger partial charge in [-0.15, -0.1) is 21.8 Å². The summed E-state index contributed by atoms with van der Waals surface area (Å²) in [6, 6.07) is 0. The number of hydrogen-bond donors (Lipinski definition) is 1. The molecule has 1 aliphatic rings. The highest BCUT2D eigenvalue weighted by molar-refractivity contribution is 6.22. The quantitative estimate of drug-likeness (QED) is 0.637. The lowest BCUT2D eigenvalue weighted by Crippen LogP contribution is -2.29. The molecule has 2 heterocycles. The van der Waals surface area contributed by atoms with E-state index >= 15 is 0 Å². The molecular weight excluding hydrogens is 190 g/mol. The first kappa shape index (κ1) is 8.65. The second kappa shape index (κ2) is 3.43. The van der Waals surface area contributed by atoms with Crippen LogP contribution in [0.25, 0.3) is 5.57 Å². The zero-order valence-electron chi connectivity index (χ0n) is 7.24. The van der Waals surface area contributed by atoms with Crippen LogP contribution in [0.15, 0.2) is 6.08 Å². The first-order valence-electron chi connectivity index (χ1n) is 4.05. The van der Waals surface area contributed by atoms with Crippen LogP contribution in [0.5, 0.6) is 0 Å². The number of aryl methyl sites for hydroxylation is 1. The van der Waals surface area contributed by atoms with Crippen molar-refractivity contribution in [2.45, 2.75) is 5.38 Å². The highest BCUT2D eigenvalue weighted by atomic mass is 35.5. The van der Waals surface area contributed by atoms with Crippen LogP contribution in [-0.2, 0) is 7.05 Å². The maximum absolute atomic E-state index is 5.95. The predicted octanol–water partition coefficient (Wildman–Crippen LogP) is -0.196. The van der Waals surface area contributed by atoms with Crippen molar-refractivity contribution >= 4 is 17.2 Å². The van der Waals surface area contributed by atoms with Gasteiger partial charge in [0.1, 0.15) is 0 Å². The van der Waals surface area contributed by atoms with Gasteiger partial charge in [-0.3, -0.25) is 0 Å². The number of tetrazole rings is 1. The van der Waals surface area contributed by atoms with Crippen molar-refractivity contribution < 1.29 is 0 Å². The lowest BCUT2D eigenvalue weighted by atomic mass is 10.1. The molecule has 0 fully saturated rings. The van der Waals surface area contributed by atoms with Crippen LogP contribution in [-0.4, -0.2) is 38.7 Å². The molecular formula is C7H10ClN5. The van der Waals surface area contributed by atoms with Crippen molar-refractivity contribution in [3.05, 3.63) is 11.9 Å². The number of aromatic nitrogens is 4. The highest BCUT2D eigenvalue weighted by Crippen LogP contribution is 2.14. The van der Waals surface area contributed by atoms with Crippen LogP contribution in [0.3, 0.4) is 0 Å². The lowest BCUT2D eigenvalue weighted by molar-refractivity contribution is 0.629. The van der Waals surface area contributed by atoms with E-state index in [0.717, 1.165) is 18.7 Å². The maximum atomic E-state index is 5.95. The second-order valence-electron chi connectivity index (χ2n) is 2.94. The standard InChI is InChI=1S/C7H10ClN5/c1-13-11-7(10-12-13)5-2-6(8)4-9-3-5/h2,6,9H,3-4H2,1H3. The summed E-state index contributed by atoms with van der Waals surface area (Å²) < 4.78 is 0. The average molecular weight is 200 g/mol. The molecule has 0 saturated carbocycles. The van der Waals surface area contributed by atoms with Gasteiger partial charge in [0.25, 0.3) is 0 Å². The van der Waals surface area contributed by atoms with Crippen LogP contribution in [0.4, 0.5) is 0 Å². The van der Waals surface area contributed by atoms with Crippen molar-refractivity contribution in [3.63, 3.8) is 0 Å². The van der Waals surface area contributed by atoms with E-state index < -0.39 is 0 Å². The lowest BCUT2D eigenvalue weighted by Gasteiger charge is -2.15. The van der Waals surface area contributed by atoms with Gasteiger partial charge in [-0.1, -0.05) is 6.08 Å². The Balaban J connectivity index is 2.25. The van der Waals surface area contributed by atoms with Gasteiger partial charge in [-0.05, 0) is 5.21 Å². The maximum Gasteiger partial charge on any atom is 0.201 e. The normalized spacial score (nSPS) is 22.9. The monoisotopic (exact) mass is 199 g/mol. The Labute approximate surface area is 80.8 Å². The van der Waals surface area contributed by atoms with Gasteiger partial charge in [-0.25, -0.2) is 0 Å². The molecule has 0 bridgehead atoms. The number of nitrogens with one attached hydrogen (secondary N) is 1. The number of halogens is 1. The first-order chi connectivity index (χ1) is 6.25. The zero-order chi connectivity index (χ0) is 9.26. The van der Waals surface area contributed by atoms with E-state index in [-0.39, 0.29) is 5.38 Å². The van der Waals surface area contributed by atoms with Crippen molar-refractivity contribution in [2.75, 3.05) is 13.1 Å². The molecule has 0 saturated heterocycles. The van der Waals surface area contributed by atoms with Gasteiger partial charge in [0, 0.05) is 18.7 Å². The Bertz CT molecular complexity index is 331. The molecule has 1 aromatic rings. The van der Waals surface area contributed by atoms with E-state index in [0.29, 0.717) is 5.82 Å². The molecule has 2 rings (SSSR count). The molecule has 6 heteroatoms. The van der Waals surface area contributed by atoms with E-state index in [9.17, 15) is 0 Å². The molecule has 1 N–H and O–H groups in total. The summed E-state index contributed by atoms with van der Waals surface area (Å²) in [7, 11) is 1.74. The molecule has 1 atom stereocenters. The fraction of sp³-hybridized carbons (Fsp3) is 0.571. The molecule has 0 aromatic carbocycles. The summed E-state index contributed by atoms with van der Waals surface area (Å²) in [5, 5.41) is 15.0. The summed E-state index contributed by atoms with van der Waals surface area (Å²) in [5.74, 6) is 0.653. The van der Waals surface area contributed by atoms with E-state index in [1.807, 2.05) is 6.08 Å². The molecule has 70 valence electrons. The van der Waals surface area contributed by atoms with Gasteiger partial charge in [0.05, 0.1) is 12.4 Å². The first-order valence-corrected chi connectivity index (χ1v) is 4.49. The Hall–Kier alpha value is -0.940. The Kier molecular flexibility index (Phi) is 2.28. The van der Waals surface area contributed by atoms with Crippen molar-refractivity contribution in [3.8, 4) is 0 Å². The molecule has 1 aromatic heterocycles. The van der Waals surface area contributed by atoms with Gasteiger partial charge in [0.2, 0.25) is 5.82 Å². The number of nitrogens with zero attached hydrogens (tertiary/aromatic N) is 4. The minimum Gasteiger partial charge on any atom is -0.311 e. The van der Waals surface area contributed by atoms with Gasteiger partial charge in [0.15, 0.2) is 0 Å². The fourth-order valence-electron chi connectivity index (χ4n) is 1.25. The minimum absolute atomic E-state index is 0.0209. The van der Waals surface area contributed by atoms with Crippen LogP contribution < -0.4 is 5.32 Å². The third-order valence-corrected chi connectivity index (χ3v) is 2.11. The molecule has 1 aliphatic heterocycles. The summed E-state index contributed by atoms with van der Waals surface area (Å²) in [5.41, 5.74) is 1.01. The Morgan fingerprint density at radius 1 is 1.69 bits per heavy atom. The van der Waals surface area contributed by atoms with E-state index in [2.05, 4.69) is 20.7 Å². The Morgan fingerprint density at radius 2 is 2.54 bits per heavy atom. The van der Waals surface area contributed by atoms with Crippen LogP contribution in [0, 0.1) is 0 Å². The SMILES string of the molecule is Cn1nnc(C2=CC(Cl)CNC2)n1. The minimum atomic E-state index is 0.0209. The van der Waals surface area contributed by atoms with Crippen molar-refractivity contribution in [1.29, 1.82) is 0 Å². The number of rotatable bonds is 1. The van der Waals surface area contributed by atoms with E-state index in [1.165, 1.54) is 4.80 Å². The third-order valence-electron chi connectivity index (χ3n) is 1.83. The smallest absolute Gasteiger partial charge is 0.201 e. The molecule has 5 nitrogen and oxygen atoms in total. The molecule has 0 radical (unpaired) electrons. The number of alkyl halides is 1. The predicted molar refractivity (Wildman–Crippen MR) is 49.3 cm³/mol. The molecule has 1 unspecified atom stereocenters. The average Bonchev–Trinajstić information content (AvgIpc) is 2.52. The summed E-state index contributed by atoms with van der Waals surface area (Å²) >= 11 is 5.95. The van der Waals surface area contributed by atoms with Crippen LogP contribution >= 0.6 is 11.6 Å². The van der Waals surface area contributed by atoms with Gasteiger partial charge in [-0.2, -0.15) is 4.80 Å².